The number of halogens is 1. The van der Waals surface area contributed by atoms with Crippen molar-refractivity contribution in [3.05, 3.63) is 41.8 Å². The van der Waals surface area contributed by atoms with Gasteiger partial charge in [-0.1, -0.05) is 0 Å². The molecule has 1 unspecified atom stereocenters. The summed E-state index contributed by atoms with van der Waals surface area (Å²) >= 11 is 0. The van der Waals surface area contributed by atoms with Crippen LogP contribution < -0.4 is 5.32 Å². The number of benzene rings is 1. The Bertz CT molecular complexity index is 723. The molecule has 2 aromatic rings. The molecule has 0 amide bonds. The van der Waals surface area contributed by atoms with Crippen LogP contribution in [0.5, 0.6) is 0 Å². The van der Waals surface area contributed by atoms with E-state index in [0.717, 1.165) is 70.3 Å². The molecule has 0 aliphatic carbocycles. The summed E-state index contributed by atoms with van der Waals surface area (Å²) in [6, 6.07) is 7.16. The first kappa shape index (κ1) is 19.5. The molecule has 0 bridgehead atoms. The quantitative estimate of drug-likeness (QED) is 0.762. The molecule has 3 heterocycles. The van der Waals surface area contributed by atoms with Crippen molar-refractivity contribution in [3.63, 3.8) is 0 Å². The van der Waals surface area contributed by atoms with Gasteiger partial charge >= 0.3 is 0 Å². The minimum absolute atomic E-state index is 0.217. The van der Waals surface area contributed by atoms with E-state index in [9.17, 15) is 4.39 Å². The van der Waals surface area contributed by atoms with Gasteiger partial charge in [0.15, 0.2) is 0 Å². The summed E-state index contributed by atoms with van der Waals surface area (Å²) in [4.78, 5) is 5.07. The van der Waals surface area contributed by atoms with Gasteiger partial charge in [-0.2, -0.15) is 5.10 Å². The number of hydrogen-bond donors (Lipinski definition) is 2. The molecule has 2 N–H and O–H groups in total. The van der Waals surface area contributed by atoms with Crippen molar-refractivity contribution in [1.29, 1.82) is 0 Å². The third-order valence-electron chi connectivity index (χ3n) is 5.82. The highest BCUT2D eigenvalue weighted by Crippen LogP contribution is 2.24. The first-order valence-corrected chi connectivity index (χ1v) is 10.3. The molecule has 28 heavy (non-hydrogen) atoms. The minimum Gasteiger partial charge on any atom is -0.379 e. The number of hydrogen-bond acceptors (Lipinski definition) is 5. The van der Waals surface area contributed by atoms with E-state index in [1.54, 1.807) is 0 Å². The number of ether oxygens (including phenoxy) is 1. The number of piperidine rings is 1. The molecule has 152 valence electrons. The van der Waals surface area contributed by atoms with Crippen molar-refractivity contribution in [2.45, 2.75) is 25.4 Å². The lowest BCUT2D eigenvalue weighted by Gasteiger charge is -2.36. The first-order chi connectivity index (χ1) is 13.8. The van der Waals surface area contributed by atoms with Gasteiger partial charge < -0.3 is 10.1 Å². The standard InChI is InChI=1S/C21H30FN5O/c22-19-5-3-17(4-6-19)21-18(14-24-25-21)16-27(20-2-1-7-23-15-20)9-8-26-10-12-28-13-11-26/h3-6,14,20,23H,1-2,7-13,15-16H2,(H,24,25). The van der Waals surface area contributed by atoms with Crippen molar-refractivity contribution in [2.75, 3.05) is 52.5 Å². The summed E-state index contributed by atoms with van der Waals surface area (Å²) in [6.07, 6.45) is 4.35. The second-order valence-electron chi connectivity index (χ2n) is 7.70. The highest BCUT2D eigenvalue weighted by molar-refractivity contribution is 5.62. The van der Waals surface area contributed by atoms with E-state index in [4.69, 9.17) is 4.74 Å². The Morgan fingerprint density at radius 2 is 2.04 bits per heavy atom. The summed E-state index contributed by atoms with van der Waals surface area (Å²) in [6.45, 7) is 8.78. The first-order valence-electron chi connectivity index (χ1n) is 10.3. The number of morpholine rings is 1. The molecule has 1 aromatic heterocycles. The maximum Gasteiger partial charge on any atom is 0.123 e. The second kappa shape index (κ2) is 9.60. The van der Waals surface area contributed by atoms with Gasteiger partial charge in [-0.05, 0) is 43.7 Å². The average molecular weight is 388 g/mol. The van der Waals surface area contributed by atoms with E-state index < -0.39 is 0 Å². The van der Waals surface area contributed by atoms with Crippen molar-refractivity contribution in [3.8, 4) is 11.3 Å². The molecular formula is C21H30FN5O. The average Bonchev–Trinajstić information content (AvgIpc) is 3.21. The van der Waals surface area contributed by atoms with Gasteiger partial charge in [-0.25, -0.2) is 4.39 Å². The Balaban J connectivity index is 1.47. The molecule has 2 saturated heterocycles. The molecule has 7 heteroatoms. The van der Waals surface area contributed by atoms with Gasteiger partial charge in [0.25, 0.3) is 0 Å². The molecule has 0 spiro atoms. The number of H-pyrrole nitrogens is 1. The van der Waals surface area contributed by atoms with E-state index in [2.05, 4.69) is 25.3 Å². The van der Waals surface area contributed by atoms with Crippen molar-refractivity contribution in [1.82, 2.24) is 25.3 Å². The van der Waals surface area contributed by atoms with E-state index in [0.29, 0.717) is 6.04 Å². The normalized spacial score (nSPS) is 21.3. The summed E-state index contributed by atoms with van der Waals surface area (Å²) in [5, 5.41) is 10.9. The molecule has 0 radical (unpaired) electrons. The molecular weight excluding hydrogens is 357 g/mol. The number of nitrogens with one attached hydrogen (secondary N) is 2. The van der Waals surface area contributed by atoms with Gasteiger partial charge in [0, 0.05) is 56.4 Å². The van der Waals surface area contributed by atoms with Crippen molar-refractivity contribution in [2.24, 2.45) is 0 Å². The SMILES string of the molecule is Fc1ccc(-c2[nH]ncc2CN(CCN2CCOCC2)C2CCCNC2)cc1. The molecule has 2 aliphatic heterocycles. The summed E-state index contributed by atoms with van der Waals surface area (Å²) in [5.74, 6) is -0.217. The number of rotatable bonds is 7. The monoisotopic (exact) mass is 387 g/mol. The van der Waals surface area contributed by atoms with Crippen molar-refractivity contribution < 1.29 is 9.13 Å². The van der Waals surface area contributed by atoms with Crippen LogP contribution in [0.1, 0.15) is 18.4 Å². The molecule has 2 aliphatic rings. The van der Waals surface area contributed by atoms with Crippen LogP contribution >= 0.6 is 0 Å². The molecule has 4 rings (SSSR count). The smallest absolute Gasteiger partial charge is 0.123 e. The Labute approximate surface area is 166 Å². The fourth-order valence-electron chi connectivity index (χ4n) is 4.15. The molecule has 2 fully saturated rings. The zero-order valence-electron chi connectivity index (χ0n) is 16.4. The van der Waals surface area contributed by atoms with E-state index >= 15 is 0 Å². The zero-order valence-corrected chi connectivity index (χ0v) is 16.4. The third-order valence-corrected chi connectivity index (χ3v) is 5.82. The van der Waals surface area contributed by atoms with Gasteiger partial charge in [-0.3, -0.25) is 14.9 Å². The Morgan fingerprint density at radius 1 is 1.21 bits per heavy atom. The Kier molecular flexibility index (Phi) is 6.69. The Hall–Kier alpha value is -1.80. The number of aromatic nitrogens is 2. The van der Waals surface area contributed by atoms with Crippen LogP contribution in [-0.2, 0) is 11.3 Å². The highest BCUT2D eigenvalue weighted by Gasteiger charge is 2.23. The molecule has 1 aromatic carbocycles. The lowest BCUT2D eigenvalue weighted by molar-refractivity contribution is 0.0290. The summed E-state index contributed by atoms with van der Waals surface area (Å²) in [7, 11) is 0. The van der Waals surface area contributed by atoms with Crippen LogP contribution in [0.4, 0.5) is 4.39 Å². The Morgan fingerprint density at radius 3 is 2.79 bits per heavy atom. The highest BCUT2D eigenvalue weighted by atomic mass is 19.1. The van der Waals surface area contributed by atoms with Crippen LogP contribution in [0.15, 0.2) is 30.5 Å². The van der Waals surface area contributed by atoms with E-state index in [1.165, 1.54) is 30.5 Å². The van der Waals surface area contributed by atoms with Gasteiger partial charge in [0.05, 0.1) is 25.1 Å². The number of nitrogens with zero attached hydrogens (tertiary/aromatic N) is 3. The van der Waals surface area contributed by atoms with Gasteiger partial charge in [0.2, 0.25) is 0 Å². The van der Waals surface area contributed by atoms with Gasteiger partial charge in [0.1, 0.15) is 5.82 Å². The van der Waals surface area contributed by atoms with E-state index in [-0.39, 0.29) is 5.82 Å². The molecule has 6 nitrogen and oxygen atoms in total. The fourth-order valence-corrected chi connectivity index (χ4v) is 4.15. The minimum atomic E-state index is -0.217. The topological polar surface area (TPSA) is 56.4 Å². The maximum atomic E-state index is 13.3. The lowest BCUT2D eigenvalue weighted by atomic mass is 10.0. The third kappa shape index (κ3) is 4.97. The second-order valence-corrected chi connectivity index (χ2v) is 7.70. The summed E-state index contributed by atoms with van der Waals surface area (Å²) in [5.41, 5.74) is 3.13. The number of aromatic amines is 1. The van der Waals surface area contributed by atoms with E-state index in [1.807, 2.05) is 18.3 Å². The van der Waals surface area contributed by atoms with Crippen LogP contribution in [0.2, 0.25) is 0 Å². The van der Waals surface area contributed by atoms with Crippen LogP contribution in [0.3, 0.4) is 0 Å². The maximum absolute atomic E-state index is 13.3. The van der Waals surface area contributed by atoms with Crippen LogP contribution in [-0.4, -0.2) is 78.5 Å². The largest absolute Gasteiger partial charge is 0.379 e. The predicted molar refractivity (Wildman–Crippen MR) is 108 cm³/mol. The zero-order chi connectivity index (χ0) is 19.2. The fraction of sp³-hybridized carbons (Fsp3) is 0.571. The summed E-state index contributed by atoms with van der Waals surface area (Å²) < 4.78 is 18.8. The van der Waals surface area contributed by atoms with Crippen LogP contribution in [0, 0.1) is 5.82 Å². The van der Waals surface area contributed by atoms with Crippen molar-refractivity contribution >= 4 is 0 Å². The molecule has 1 atom stereocenters. The van der Waals surface area contributed by atoms with Crippen LogP contribution in [0.25, 0.3) is 11.3 Å². The van der Waals surface area contributed by atoms with Gasteiger partial charge in [-0.15, -0.1) is 0 Å². The predicted octanol–water partition coefficient (Wildman–Crippen LogP) is 2.10. The molecule has 0 saturated carbocycles. The lowest BCUT2D eigenvalue weighted by Crippen LogP contribution is -2.49.